The summed E-state index contributed by atoms with van der Waals surface area (Å²) in [6, 6.07) is 0. The topological polar surface area (TPSA) is 38.7 Å². The van der Waals surface area contributed by atoms with Crippen molar-refractivity contribution in [1.82, 2.24) is 0 Å². The molecule has 1 aliphatic heterocycles. The molecule has 1 aliphatic carbocycles. The molecule has 86 valence electrons. The Labute approximate surface area is 91.1 Å². The Morgan fingerprint density at radius 2 is 2.20 bits per heavy atom. The van der Waals surface area contributed by atoms with Gasteiger partial charge in [-0.1, -0.05) is 12.2 Å². The first-order chi connectivity index (χ1) is 7.02. The molecule has 3 heteroatoms. The van der Waals surface area contributed by atoms with Crippen LogP contribution in [0.1, 0.15) is 26.7 Å². The lowest BCUT2D eigenvalue weighted by Crippen LogP contribution is -2.30. The molecule has 0 aromatic carbocycles. The van der Waals surface area contributed by atoms with E-state index in [0.717, 1.165) is 12.8 Å². The van der Waals surface area contributed by atoms with Gasteiger partial charge in [0, 0.05) is 6.61 Å². The maximum absolute atomic E-state index is 9.31. The summed E-state index contributed by atoms with van der Waals surface area (Å²) in [6.45, 7) is 8.74. The minimum absolute atomic E-state index is 0.122. The second-order valence-electron chi connectivity index (χ2n) is 5.13. The molecule has 2 aliphatic rings. The molecule has 2 fully saturated rings. The van der Waals surface area contributed by atoms with Gasteiger partial charge in [-0.15, -0.1) is 0 Å². The van der Waals surface area contributed by atoms with Crippen molar-refractivity contribution < 1.29 is 14.6 Å². The largest absolute Gasteiger partial charge is 0.396 e. The van der Waals surface area contributed by atoms with Gasteiger partial charge in [-0.2, -0.15) is 0 Å². The number of aliphatic hydroxyl groups excluding tert-OH is 1. The molecular formula is C12H20O3. The summed E-state index contributed by atoms with van der Waals surface area (Å²) in [7, 11) is 0. The van der Waals surface area contributed by atoms with Crippen LogP contribution in [-0.2, 0) is 9.47 Å². The number of hydrogen-bond donors (Lipinski definition) is 1. The zero-order valence-electron chi connectivity index (χ0n) is 9.53. The number of ether oxygens (including phenoxy) is 2. The van der Waals surface area contributed by atoms with Crippen molar-refractivity contribution in [3.8, 4) is 0 Å². The van der Waals surface area contributed by atoms with Crippen molar-refractivity contribution in [2.75, 3.05) is 13.2 Å². The zero-order chi connectivity index (χ0) is 11.1. The van der Waals surface area contributed by atoms with Crippen molar-refractivity contribution in [2.45, 2.75) is 38.6 Å². The van der Waals surface area contributed by atoms with Crippen LogP contribution in [0, 0.1) is 11.8 Å². The quantitative estimate of drug-likeness (QED) is 0.708. The lowest BCUT2D eigenvalue weighted by molar-refractivity contribution is -0.146. The molecule has 15 heavy (non-hydrogen) atoms. The molecule has 1 saturated heterocycles. The van der Waals surface area contributed by atoms with Crippen molar-refractivity contribution in [3.05, 3.63) is 12.2 Å². The van der Waals surface area contributed by atoms with Crippen LogP contribution in [0.2, 0.25) is 0 Å². The maximum Gasteiger partial charge on any atom is 0.163 e. The fourth-order valence-electron chi connectivity index (χ4n) is 2.67. The number of aliphatic hydroxyl groups is 1. The molecule has 0 bridgehead atoms. The second kappa shape index (κ2) is 3.89. The molecule has 0 spiro atoms. The normalized spacial score (nSPS) is 39.9. The average Bonchev–Trinajstić information content (AvgIpc) is 2.68. The van der Waals surface area contributed by atoms with E-state index in [1.165, 1.54) is 5.57 Å². The Hall–Kier alpha value is -0.380. The summed E-state index contributed by atoms with van der Waals surface area (Å²) < 4.78 is 11.4. The predicted molar refractivity (Wildman–Crippen MR) is 57.3 cm³/mol. The maximum atomic E-state index is 9.31. The van der Waals surface area contributed by atoms with E-state index in [9.17, 15) is 5.11 Å². The molecule has 2 rings (SSSR count). The molecule has 3 atom stereocenters. The Balaban J connectivity index is 2.02. The molecule has 1 heterocycles. The number of hydrogen-bond acceptors (Lipinski definition) is 3. The molecule has 0 radical (unpaired) electrons. The highest BCUT2D eigenvalue weighted by Crippen LogP contribution is 2.41. The molecule has 3 unspecified atom stereocenters. The van der Waals surface area contributed by atoms with E-state index in [1.54, 1.807) is 0 Å². The van der Waals surface area contributed by atoms with Crippen LogP contribution in [0.15, 0.2) is 12.2 Å². The van der Waals surface area contributed by atoms with Gasteiger partial charge in [-0.05, 0) is 38.5 Å². The van der Waals surface area contributed by atoms with Gasteiger partial charge in [0.1, 0.15) is 0 Å². The standard InChI is InChI=1S/C12H20O3/c1-8-4-9(6-13)10(5-8)11-7-14-12(2,3)15-11/h9-11,13H,1,4-7H2,2-3H3. The summed E-state index contributed by atoms with van der Waals surface area (Å²) >= 11 is 0. The van der Waals surface area contributed by atoms with Gasteiger partial charge in [0.2, 0.25) is 0 Å². The first-order valence-electron chi connectivity index (χ1n) is 5.61. The smallest absolute Gasteiger partial charge is 0.163 e. The number of allylic oxidation sites excluding steroid dienone is 1. The Kier molecular flexibility index (Phi) is 2.88. The SMILES string of the molecule is C=C1CC(CO)C(C2COC(C)(C)O2)C1. The summed E-state index contributed by atoms with van der Waals surface area (Å²) in [4.78, 5) is 0. The Morgan fingerprint density at radius 1 is 1.47 bits per heavy atom. The summed E-state index contributed by atoms with van der Waals surface area (Å²) in [5, 5.41) is 9.31. The van der Waals surface area contributed by atoms with Crippen molar-refractivity contribution >= 4 is 0 Å². The van der Waals surface area contributed by atoms with Crippen LogP contribution in [-0.4, -0.2) is 30.2 Å². The minimum Gasteiger partial charge on any atom is -0.396 e. The van der Waals surface area contributed by atoms with Gasteiger partial charge in [0.25, 0.3) is 0 Å². The van der Waals surface area contributed by atoms with E-state index in [0.29, 0.717) is 18.4 Å². The molecule has 1 N–H and O–H groups in total. The van der Waals surface area contributed by atoms with Crippen LogP contribution in [0.3, 0.4) is 0 Å². The highest BCUT2D eigenvalue weighted by atomic mass is 16.7. The van der Waals surface area contributed by atoms with Crippen LogP contribution in [0.25, 0.3) is 0 Å². The average molecular weight is 212 g/mol. The van der Waals surface area contributed by atoms with Crippen LogP contribution < -0.4 is 0 Å². The molecule has 0 amide bonds. The van der Waals surface area contributed by atoms with E-state index < -0.39 is 5.79 Å². The summed E-state index contributed by atoms with van der Waals surface area (Å²) in [5.74, 6) is 0.221. The Bertz CT molecular complexity index is 260. The summed E-state index contributed by atoms with van der Waals surface area (Å²) in [6.07, 6.45) is 2.02. The molecule has 3 nitrogen and oxygen atoms in total. The first-order valence-corrected chi connectivity index (χ1v) is 5.61. The van der Waals surface area contributed by atoms with Gasteiger partial charge in [-0.3, -0.25) is 0 Å². The van der Waals surface area contributed by atoms with Crippen molar-refractivity contribution in [2.24, 2.45) is 11.8 Å². The Morgan fingerprint density at radius 3 is 2.73 bits per heavy atom. The highest BCUT2D eigenvalue weighted by molar-refractivity contribution is 5.08. The van der Waals surface area contributed by atoms with Gasteiger partial charge in [0.15, 0.2) is 5.79 Å². The first kappa shape index (κ1) is 11.1. The lowest BCUT2D eigenvalue weighted by atomic mass is 9.92. The minimum atomic E-state index is -0.464. The van der Waals surface area contributed by atoms with Gasteiger partial charge < -0.3 is 14.6 Å². The van der Waals surface area contributed by atoms with Gasteiger partial charge in [-0.25, -0.2) is 0 Å². The monoisotopic (exact) mass is 212 g/mol. The van der Waals surface area contributed by atoms with Crippen LogP contribution in [0.5, 0.6) is 0 Å². The number of rotatable bonds is 2. The van der Waals surface area contributed by atoms with E-state index in [-0.39, 0.29) is 12.7 Å². The van der Waals surface area contributed by atoms with E-state index in [4.69, 9.17) is 9.47 Å². The third-order valence-electron chi connectivity index (χ3n) is 3.42. The van der Waals surface area contributed by atoms with Crippen molar-refractivity contribution in [3.63, 3.8) is 0 Å². The second-order valence-corrected chi connectivity index (χ2v) is 5.13. The zero-order valence-corrected chi connectivity index (χ0v) is 9.53. The predicted octanol–water partition coefficient (Wildman–Crippen LogP) is 1.71. The van der Waals surface area contributed by atoms with E-state index in [2.05, 4.69) is 6.58 Å². The van der Waals surface area contributed by atoms with Gasteiger partial charge in [0.05, 0.1) is 12.7 Å². The van der Waals surface area contributed by atoms with E-state index >= 15 is 0 Å². The van der Waals surface area contributed by atoms with E-state index in [1.807, 2.05) is 13.8 Å². The fraction of sp³-hybridized carbons (Fsp3) is 0.833. The van der Waals surface area contributed by atoms with Crippen LogP contribution >= 0.6 is 0 Å². The third kappa shape index (κ3) is 2.25. The third-order valence-corrected chi connectivity index (χ3v) is 3.42. The molecule has 0 aromatic rings. The van der Waals surface area contributed by atoms with Gasteiger partial charge >= 0.3 is 0 Å². The molecule has 0 aromatic heterocycles. The fourth-order valence-corrected chi connectivity index (χ4v) is 2.67. The molecular weight excluding hydrogens is 192 g/mol. The van der Waals surface area contributed by atoms with Crippen molar-refractivity contribution in [1.29, 1.82) is 0 Å². The summed E-state index contributed by atoms with van der Waals surface area (Å²) in [5.41, 5.74) is 1.23. The molecule has 1 saturated carbocycles. The lowest BCUT2D eigenvalue weighted by Gasteiger charge is -2.24. The van der Waals surface area contributed by atoms with Crippen LogP contribution in [0.4, 0.5) is 0 Å². The highest BCUT2D eigenvalue weighted by Gasteiger charge is 2.42.